The van der Waals surface area contributed by atoms with E-state index in [-0.39, 0.29) is 11.4 Å². The Bertz CT molecular complexity index is 834. The van der Waals surface area contributed by atoms with Gasteiger partial charge in [0.2, 0.25) is 0 Å². The lowest BCUT2D eigenvalue weighted by molar-refractivity contribution is -0.137. The van der Waals surface area contributed by atoms with Crippen LogP contribution in [0.4, 0.5) is 5.69 Å². The van der Waals surface area contributed by atoms with E-state index in [1.165, 1.54) is 16.0 Å². The number of aryl methyl sites for hydroxylation is 3. The Morgan fingerprint density at radius 3 is 2.50 bits per heavy atom. The first-order chi connectivity index (χ1) is 10.1. The summed E-state index contributed by atoms with van der Waals surface area (Å²) in [5.41, 5.74) is 1.23. The number of carboxylic acid groups (broad SMARTS) is 1. The van der Waals surface area contributed by atoms with Crippen LogP contribution in [0, 0.1) is 27.7 Å². The largest absolute Gasteiger partial charge is 0.480 e. The minimum absolute atomic E-state index is 0.236. The number of hydrogen-bond acceptors (Lipinski definition) is 5. The minimum Gasteiger partial charge on any atom is -0.480 e. The van der Waals surface area contributed by atoms with E-state index in [1.807, 2.05) is 6.92 Å². The van der Waals surface area contributed by atoms with Gasteiger partial charge in [-0.25, -0.2) is 8.42 Å². The highest BCUT2D eigenvalue weighted by atomic mass is 32.2. The number of hydrogen-bond donors (Lipinski definition) is 2. The number of anilines is 1. The first-order valence-electron chi connectivity index (χ1n) is 6.47. The van der Waals surface area contributed by atoms with E-state index in [0.717, 1.165) is 4.88 Å². The van der Waals surface area contributed by atoms with Crippen LogP contribution in [0.15, 0.2) is 11.0 Å². The summed E-state index contributed by atoms with van der Waals surface area (Å²) in [5.74, 6) is -1.04. The highest BCUT2D eigenvalue weighted by Gasteiger charge is 2.23. The zero-order valence-electron chi connectivity index (χ0n) is 12.7. The van der Waals surface area contributed by atoms with Gasteiger partial charge in [0.15, 0.2) is 0 Å². The van der Waals surface area contributed by atoms with E-state index in [9.17, 15) is 13.2 Å². The first-order valence-corrected chi connectivity index (χ1v) is 8.77. The monoisotopic (exact) mass is 343 g/mol. The van der Waals surface area contributed by atoms with Gasteiger partial charge in [-0.15, -0.1) is 11.3 Å². The molecule has 0 spiro atoms. The third-order valence-corrected chi connectivity index (χ3v) is 5.76. The standard InChI is InChI=1S/C13H17N3O4S2/c1-7-5-11(10(4)21-7)22(19,20)15-13-8(2)14-16(9(13)3)6-12(17)18/h5,15H,6H2,1-4H3,(H,17,18). The topological polar surface area (TPSA) is 101 Å². The lowest BCUT2D eigenvalue weighted by atomic mass is 10.3. The van der Waals surface area contributed by atoms with Crippen molar-refractivity contribution in [1.29, 1.82) is 0 Å². The first kappa shape index (κ1) is 16.5. The number of nitrogens with zero attached hydrogens (tertiary/aromatic N) is 2. The van der Waals surface area contributed by atoms with Gasteiger partial charge < -0.3 is 5.11 Å². The van der Waals surface area contributed by atoms with Crippen molar-refractivity contribution < 1.29 is 18.3 Å². The predicted molar refractivity (Wildman–Crippen MR) is 83.9 cm³/mol. The van der Waals surface area contributed by atoms with E-state index in [4.69, 9.17) is 5.11 Å². The van der Waals surface area contributed by atoms with Gasteiger partial charge in [0, 0.05) is 9.75 Å². The maximum atomic E-state index is 12.5. The Hall–Kier alpha value is -1.87. The molecule has 0 aromatic carbocycles. The lowest BCUT2D eigenvalue weighted by Gasteiger charge is -2.08. The molecule has 120 valence electrons. The summed E-state index contributed by atoms with van der Waals surface area (Å²) in [6, 6.07) is 1.62. The summed E-state index contributed by atoms with van der Waals surface area (Å²) in [4.78, 5) is 12.7. The summed E-state index contributed by atoms with van der Waals surface area (Å²) in [5, 5.41) is 12.9. The molecule has 2 aromatic rings. The van der Waals surface area contributed by atoms with Crippen molar-refractivity contribution in [3.8, 4) is 0 Å². The van der Waals surface area contributed by atoms with Gasteiger partial charge in [-0.1, -0.05) is 0 Å². The van der Waals surface area contributed by atoms with Gasteiger partial charge in [0.1, 0.15) is 11.4 Å². The molecule has 2 aromatic heterocycles. The van der Waals surface area contributed by atoms with Gasteiger partial charge in [-0.3, -0.25) is 14.2 Å². The summed E-state index contributed by atoms with van der Waals surface area (Å²) < 4.78 is 28.8. The average Bonchev–Trinajstić information content (AvgIpc) is 2.84. The molecule has 0 fully saturated rings. The van der Waals surface area contributed by atoms with Gasteiger partial charge >= 0.3 is 5.97 Å². The number of rotatable bonds is 5. The number of thiophene rings is 1. The van der Waals surface area contributed by atoms with Crippen molar-refractivity contribution in [2.75, 3.05) is 4.72 Å². The van der Waals surface area contributed by atoms with E-state index in [1.54, 1.807) is 26.8 Å². The number of sulfonamides is 1. The van der Waals surface area contributed by atoms with Crippen molar-refractivity contribution in [2.45, 2.75) is 39.1 Å². The lowest BCUT2D eigenvalue weighted by Crippen LogP contribution is -2.15. The average molecular weight is 343 g/mol. The molecule has 0 aliphatic rings. The van der Waals surface area contributed by atoms with Gasteiger partial charge in [0.25, 0.3) is 10.0 Å². The predicted octanol–water partition coefficient (Wildman–Crippen LogP) is 2.06. The maximum Gasteiger partial charge on any atom is 0.325 e. The molecule has 2 N–H and O–H groups in total. The fraction of sp³-hybridized carbons (Fsp3) is 0.385. The minimum atomic E-state index is -3.72. The van der Waals surface area contributed by atoms with Crippen LogP contribution in [0.1, 0.15) is 21.1 Å². The zero-order chi connectivity index (χ0) is 16.7. The van der Waals surface area contributed by atoms with Crippen LogP contribution in [-0.2, 0) is 21.4 Å². The van der Waals surface area contributed by atoms with Crippen LogP contribution in [0.5, 0.6) is 0 Å². The molecule has 0 bridgehead atoms. The van der Waals surface area contributed by atoms with Crippen LogP contribution in [0.2, 0.25) is 0 Å². The molecular formula is C13H17N3O4S2. The molecule has 9 heteroatoms. The second kappa shape index (κ2) is 5.73. The normalized spacial score (nSPS) is 11.6. The number of aliphatic carboxylic acids is 1. The third kappa shape index (κ3) is 3.14. The van der Waals surface area contributed by atoms with Crippen molar-refractivity contribution in [3.63, 3.8) is 0 Å². The molecule has 0 unspecified atom stereocenters. The Labute approximate surface area is 132 Å². The fourth-order valence-electron chi connectivity index (χ4n) is 2.19. The quantitative estimate of drug-likeness (QED) is 0.865. The summed E-state index contributed by atoms with van der Waals surface area (Å²) in [6.07, 6.45) is 0. The molecule has 7 nitrogen and oxygen atoms in total. The number of nitrogens with one attached hydrogen (secondary N) is 1. The molecule has 0 aliphatic heterocycles. The third-order valence-electron chi connectivity index (χ3n) is 3.19. The highest BCUT2D eigenvalue weighted by molar-refractivity contribution is 7.93. The Kier molecular flexibility index (Phi) is 4.30. The summed E-state index contributed by atoms with van der Waals surface area (Å²) >= 11 is 1.41. The molecule has 0 radical (unpaired) electrons. The van der Waals surface area contributed by atoms with E-state index in [2.05, 4.69) is 9.82 Å². The number of carboxylic acids is 1. The Balaban J connectivity index is 2.40. The van der Waals surface area contributed by atoms with Crippen molar-refractivity contribution in [3.05, 3.63) is 27.2 Å². The SMILES string of the molecule is Cc1cc(S(=O)(=O)Nc2c(C)nn(CC(=O)O)c2C)c(C)s1. The van der Waals surface area contributed by atoms with Gasteiger partial charge in [0.05, 0.1) is 17.1 Å². The molecule has 22 heavy (non-hydrogen) atoms. The fourth-order valence-corrected chi connectivity index (χ4v) is 4.92. The number of aromatic nitrogens is 2. The van der Waals surface area contributed by atoms with Crippen LogP contribution in [-0.4, -0.2) is 29.3 Å². The second-order valence-electron chi connectivity index (χ2n) is 4.98. The molecule has 2 rings (SSSR count). The molecule has 0 saturated heterocycles. The van der Waals surface area contributed by atoms with Gasteiger partial charge in [-0.2, -0.15) is 5.10 Å². The van der Waals surface area contributed by atoms with Crippen molar-refractivity contribution in [2.24, 2.45) is 0 Å². The molecule has 0 aliphatic carbocycles. The highest BCUT2D eigenvalue weighted by Crippen LogP contribution is 2.28. The molecular weight excluding hydrogens is 326 g/mol. The van der Waals surface area contributed by atoms with Crippen LogP contribution < -0.4 is 4.72 Å². The number of carbonyl (C=O) groups is 1. The van der Waals surface area contributed by atoms with Crippen LogP contribution in [0.3, 0.4) is 0 Å². The van der Waals surface area contributed by atoms with Gasteiger partial charge in [-0.05, 0) is 33.8 Å². The Morgan fingerprint density at radius 1 is 1.36 bits per heavy atom. The second-order valence-corrected chi connectivity index (χ2v) is 8.09. The summed E-state index contributed by atoms with van der Waals surface area (Å²) in [7, 11) is -3.72. The van der Waals surface area contributed by atoms with E-state index < -0.39 is 16.0 Å². The van der Waals surface area contributed by atoms with Crippen LogP contribution >= 0.6 is 11.3 Å². The zero-order valence-corrected chi connectivity index (χ0v) is 14.3. The smallest absolute Gasteiger partial charge is 0.325 e. The molecule has 2 heterocycles. The van der Waals surface area contributed by atoms with Crippen molar-refractivity contribution in [1.82, 2.24) is 9.78 Å². The van der Waals surface area contributed by atoms with Crippen molar-refractivity contribution >= 4 is 33.0 Å². The van der Waals surface area contributed by atoms with Crippen LogP contribution in [0.25, 0.3) is 0 Å². The molecule has 0 atom stereocenters. The van der Waals surface area contributed by atoms with E-state index in [0.29, 0.717) is 22.0 Å². The Morgan fingerprint density at radius 2 is 2.00 bits per heavy atom. The summed E-state index contributed by atoms with van der Waals surface area (Å²) in [6.45, 7) is 6.55. The van der Waals surface area contributed by atoms with E-state index >= 15 is 0 Å². The molecule has 0 amide bonds. The molecule has 0 saturated carbocycles. The maximum absolute atomic E-state index is 12.5.